The molecule has 4 heteroatoms. The highest BCUT2D eigenvalue weighted by molar-refractivity contribution is 5.35. The van der Waals surface area contributed by atoms with Crippen molar-refractivity contribution in [2.45, 2.75) is 12.6 Å². The highest BCUT2D eigenvalue weighted by Crippen LogP contribution is 2.28. The van der Waals surface area contributed by atoms with E-state index in [4.69, 9.17) is 10.5 Å². The summed E-state index contributed by atoms with van der Waals surface area (Å²) in [5.41, 5.74) is 8.34. The molecule has 3 rings (SSSR count). The Balaban J connectivity index is 2.08. The fraction of sp³-hybridized carbons (Fsp3) is 0.250. The highest BCUT2D eigenvalue weighted by atomic mass is 16.5. The summed E-state index contributed by atoms with van der Waals surface area (Å²) in [4.78, 5) is 0. The predicted molar refractivity (Wildman–Crippen MR) is 60.9 cm³/mol. The Morgan fingerprint density at radius 2 is 2.19 bits per heavy atom. The number of nitrogens with zero attached hydrogens (tertiary/aromatic N) is 2. The zero-order valence-electron chi connectivity index (χ0n) is 8.84. The number of aromatic nitrogens is 2. The molecule has 82 valence electrons. The Morgan fingerprint density at radius 3 is 3.00 bits per heavy atom. The molecular weight excluding hydrogens is 202 g/mol. The molecule has 2 heterocycles. The summed E-state index contributed by atoms with van der Waals surface area (Å²) in [5.74, 6) is 0.672. The first-order chi connectivity index (χ1) is 7.86. The molecule has 1 atom stereocenters. The lowest BCUT2D eigenvalue weighted by molar-refractivity contribution is 0.0810. The third-order valence-electron chi connectivity index (χ3n) is 2.94. The van der Waals surface area contributed by atoms with Crippen molar-refractivity contribution < 1.29 is 4.74 Å². The molecular formula is C12H13N3O. The number of hydrogen-bond donors (Lipinski definition) is 1. The minimum atomic E-state index is 0.0972. The quantitative estimate of drug-likeness (QED) is 0.785. The normalized spacial score (nSPS) is 19.4. The summed E-state index contributed by atoms with van der Waals surface area (Å²) in [6.07, 6.45) is 1.71. The first kappa shape index (κ1) is 9.42. The van der Waals surface area contributed by atoms with E-state index in [0.29, 0.717) is 19.0 Å². The largest absolute Gasteiger partial charge is 0.384 e. The molecule has 16 heavy (non-hydrogen) atoms. The third kappa shape index (κ3) is 1.39. The minimum absolute atomic E-state index is 0.0972. The lowest BCUT2D eigenvalue weighted by Crippen LogP contribution is -2.24. The molecule has 1 aromatic carbocycles. The van der Waals surface area contributed by atoms with Crippen molar-refractivity contribution in [3.8, 4) is 0 Å². The smallest absolute Gasteiger partial charge is 0.122 e. The van der Waals surface area contributed by atoms with Crippen LogP contribution in [0.25, 0.3) is 0 Å². The van der Waals surface area contributed by atoms with Gasteiger partial charge >= 0.3 is 0 Å². The van der Waals surface area contributed by atoms with E-state index in [1.807, 2.05) is 16.8 Å². The topological polar surface area (TPSA) is 53.1 Å². The lowest BCUT2D eigenvalue weighted by Gasteiger charge is -2.26. The van der Waals surface area contributed by atoms with Crippen LogP contribution in [0.5, 0.6) is 0 Å². The maximum absolute atomic E-state index is 5.87. The molecule has 1 aliphatic rings. The van der Waals surface area contributed by atoms with E-state index in [-0.39, 0.29) is 6.04 Å². The number of hydrogen-bond acceptors (Lipinski definition) is 3. The molecule has 2 N–H and O–H groups in total. The zero-order chi connectivity index (χ0) is 11.0. The number of nitrogen functional groups attached to an aromatic ring is 1. The molecule has 1 aliphatic heterocycles. The van der Waals surface area contributed by atoms with Crippen LogP contribution in [0.1, 0.15) is 17.2 Å². The van der Waals surface area contributed by atoms with Crippen LogP contribution in [0.2, 0.25) is 0 Å². The van der Waals surface area contributed by atoms with Gasteiger partial charge < -0.3 is 10.5 Å². The SMILES string of the molecule is Nc1ccnn1C1COCc2ccccc21. The van der Waals surface area contributed by atoms with Gasteiger partial charge in [0.1, 0.15) is 11.9 Å². The molecule has 0 saturated carbocycles. The second kappa shape index (κ2) is 3.64. The average Bonchev–Trinajstić information content (AvgIpc) is 2.75. The van der Waals surface area contributed by atoms with Crippen molar-refractivity contribution in [1.29, 1.82) is 0 Å². The first-order valence-electron chi connectivity index (χ1n) is 5.31. The van der Waals surface area contributed by atoms with Crippen LogP contribution in [0, 0.1) is 0 Å². The zero-order valence-corrected chi connectivity index (χ0v) is 8.84. The van der Waals surface area contributed by atoms with Gasteiger partial charge in [0.2, 0.25) is 0 Å². The van der Waals surface area contributed by atoms with Crippen LogP contribution in [0.15, 0.2) is 36.5 Å². The Kier molecular flexibility index (Phi) is 2.15. The maximum atomic E-state index is 5.87. The van der Waals surface area contributed by atoms with Crippen LogP contribution in [0.4, 0.5) is 5.82 Å². The second-order valence-electron chi connectivity index (χ2n) is 3.93. The molecule has 0 aliphatic carbocycles. The van der Waals surface area contributed by atoms with E-state index in [1.165, 1.54) is 11.1 Å². The summed E-state index contributed by atoms with van der Waals surface area (Å²) < 4.78 is 7.39. The molecule has 0 radical (unpaired) electrons. The van der Waals surface area contributed by atoms with Crippen molar-refractivity contribution in [2.75, 3.05) is 12.3 Å². The van der Waals surface area contributed by atoms with Gasteiger partial charge in [-0.3, -0.25) is 0 Å². The number of anilines is 1. The summed E-state index contributed by atoms with van der Waals surface area (Å²) in [6.45, 7) is 1.30. The summed E-state index contributed by atoms with van der Waals surface area (Å²) >= 11 is 0. The molecule has 0 saturated heterocycles. The molecule has 1 unspecified atom stereocenters. The van der Waals surface area contributed by atoms with E-state index >= 15 is 0 Å². The number of ether oxygens (including phenoxy) is 1. The van der Waals surface area contributed by atoms with Crippen LogP contribution in [-0.4, -0.2) is 16.4 Å². The van der Waals surface area contributed by atoms with Crippen molar-refractivity contribution in [1.82, 2.24) is 9.78 Å². The average molecular weight is 215 g/mol. The number of fused-ring (bicyclic) bond motifs is 1. The van der Waals surface area contributed by atoms with E-state index in [1.54, 1.807) is 12.3 Å². The third-order valence-corrected chi connectivity index (χ3v) is 2.94. The molecule has 0 amide bonds. The van der Waals surface area contributed by atoms with Gasteiger partial charge in [0.25, 0.3) is 0 Å². The van der Waals surface area contributed by atoms with Gasteiger partial charge in [0.05, 0.1) is 19.4 Å². The summed E-state index contributed by atoms with van der Waals surface area (Å²) in [5, 5.41) is 4.25. The van der Waals surface area contributed by atoms with Gasteiger partial charge in [-0.25, -0.2) is 4.68 Å². The van der Waals surface area contributed by atoms with E-state index in [2.05, 4.69) is 17.2 Å². The lowest BCUT2D eigenvalue weighted by atomic mass is 9.99. The van der Waals surface area contributed by atoms with Gasteiger partial charge in [0, 0.05) is 0 Å². The number of benzene rings is 1. The van der Waals surface area contributed by atoms with Crippen molar-refractivity contribution in [2.24, 2.45) is 0 Å². The number of rotatable bonds is 1. The predicted octanol–water partition coefficient (Wildman–Crippen LogP) is 1.58. The number of nitrogens with two attached hydrogens (primary N) is 1. The minimum Gasteiger partial charge on any atom is -0.384 e. The first-order valence-corrected chi connectivity index (χ1v) is 5.31. The summed E-state index contributed by atoms with van der Waals surface area (Å²) in [7, 11) is 0. The van der Waals surface area contributed by atoms with Crippen molar-refractivity contribution in [3.05, 3.63) is 47.7 Å². The van der Waals surface area contributed by atoms with Gasteiger partial charge in [-0.1, -0.05) is 24.3 Å². The van der Waals surface area contributed by atoms with Crippen molar-refractivity contribution in [3.63, 3.8) is 0 Å². The standard InChI is InChI=1S/C12H13N3O/c13-12-5-6-14-15(12)11-8-16-7-9-3-1-2-4-10(9)11/h1-6,11H,7-8,13H2. The molecule has 0 fully saturated rings. The Labute approximate surface area is 93.6 Å². The molecule has 1 aromatic heterocycles. The Bertz CT molecular complexity index is 506. The second-order valence-corrected chi connectivity index (χ2v) is 3.93. The highest BCUT2D eigenvalue weighted by Gasteiger charge is 2.23. The molecule has 0 spiro atoms. The molecule has 0 bridgehead atoms. The van der Waals surface area contributed by atoms with Crippen LogP contribution in [-0.2, 0) is 11.3 Å². The molecule has 4 nitrogen and oxygen atoms in total. The van der Waals surface area contributed by atoms with E-state index in [9.17, 15) is 0 Å². The monoisotopic (exact) mass is 215 g/mol. The van der Waals surface area contributed by atoms with Crippen LogP contribution < -0.4 is 5.73 Å². The maximum Gasteiger partial charge on any atom is 0.122 e. The fourth-order valence-electron chi connectivity index (χ4n) is 2.15. The van der Waals surface area contributed by atoms with Gasteiger partial charge in [-0.05, 0) is 17.2 Å². The fourth-order valence-corrected chi connectivity index (χ4v) is 2.15. The van der Waals surface area contributed by atoms with Gasteiger partial charge in [-0.15, -0.1) is 0 Å². The van der Waals surface area contributed by atoms with E-state index in [0.717, 1.165) is 0 Å². The van der Waals surface area contributed by atoms with E-state index < -0.39 is 0 Å². The van der Waals surface area contributed by atoms with Gasteiger partial charge in [0.15, 0.2) is 0 Å². The Hall–Kier alpha value is -1.81. The van der Waals surface area contributed by atoms with Gasteiger partial charge in [-0.2, -0.15) is 5.10 Å². The van der Waals surface area contributed by atoms with Crippen LogP contribution in [0.3, 0.4) is 0 Å². The summed E-state index contributed by atoms with van der Waals surface area (Å²) in [6, 6.07) is 10.2. The van der Waals surface area contributed by atoms with Crippen molar-refractivity contribution >= 4 is 5.82 Å². The van der Waals surface area contributed by atoms with Crippen LogP contribution >= 0.6 is 0 Å². The molecule has 2 aromatic rings. The Morgan fingerprint density at radius 1 is 1.31 bits per heavy atom.